The topological polar surface area (TPSA) is 93.8 Å². The Labute approximate surface area is 155 Å². The molecule has 0 atom stereocenters. The molecule has 1 amide bonds. The van der Waals surface area contributed by atoms with Crippen LogP contribution in [0.4, 0.5) is 5.69 Å². The van der Waals surface area contributed by atoms with E-state index in [-0.39, 0.29) is 18.0 Å². The first-order valence-electron chi connectivity index (χ1n) is 8.24. The van der Waals surface area contributed by atoms with Gasteiger partial charge in [-0.1, -0.05) is 54.6 Å². The fourth-order valence-electron chi connectivity index (χ4n) is 2.65. The van der Waals surface area contributed by atoms with Crippen LogP contribution in [0.1, 0.15) is 12.5 Å². The minimum Gasteiger partial charge on any atom is -0.477 e. The van der Waals surface area contributed by atoms with Crippen LogP contribution in [-0.2, 0) is 4.79 Å². The third-order valence-corrected chi connectivity index (χ3v) is 3.95. The number of hydrogen-bond donors (Lipinski definition) is 1. The number of amides is 1. The van der Waals surface area contributed by atoms with Gasteiger partial charge >= 0.3 is 5.69 Å². The summed E-state index contributed by atoms with van der Waals surface area (Å²) < 4.78 is 5.25. The summed E-state index contributed by atoms with van der Waals surface area (Å²) in [6.07, 6.45) is 0. The molecule has 0 aliphatic carbocycles. The van der Waals surface area contributed by atoms with Crippen molar-refractivity contribution in [2.75, 3.05) is 6.61 Å². The van der Waals surface area contributed by atoms with Crippen LogP contribution >= 0.6 is 0 Å². The number of rotatable bonds is 6. The summed E-state index contributed by atoms with van der Waals surface area (Å²) in [6, 6.07) is 19.6. The normalized spacial score (nSPS) is 11.2. The van der Waals surface area contributed by atoms with Crippen LogP contribution in [0.3, 0.4) is 0 Å². The van der Waals surface area contributed by atoms with E-state index < -0.39 is 10.8 Å². The van der Waals surface area contributed by atoms with Gasteiger partial charge in [0.15, 0.2) is 12.4 Å². The molecule has 0 aliphatic rings. The van der Waals surface area contributed by atoms with E-state index >= 15 is 0 Å². The minimum absolute atomic E-state index is 0.0346. The van der Waals surface area contributed by atoms with Gasteiger partial charge in [-0.25, -0.2) is 5.43 Å². The highest BCUT2D eigenvalue weighted by atomic mass is 16.6. The molecule has 3 aromatic carbocycles. The fraction of sp³-hybridized carbons (Fsp3) is 0.100. The molecule has 0 heterocycles. The number of nitro benzene ring substituents is 1. The number of fused-ring (bicyclic) bond motifs is 1. The van der Waals surface area contributed by atoms with Crippen LogP contribution in [0.5, 0.6) is 5.75 Å². The predicted octanol–water partition coefficient (Wildman–Crippen LogP) is 3.67. The molecular formula is C20H17N3O4. The Morgan fingerprint density at radius 2 is 1.78 bits per heavy atom. The standard InChI is InChI=1S/C20H17N3O4/c1-14(16-10-6-8-15-7-2-3-9-17(15)16)21-22-20(24)13-27-19-12-5-4-11-18(19)23(25)26/h2-12H,13H2,1H3,(H,22,24)/b21-14+. The van der Waals surface area contributed by atoms with E-state index in [0.717, 1.165) is 16.3 Å². The van der Waals surface area contributed by atoms with Crippen LogP contribution in [-0.4, -0.2) is 23.1 Å². The molecular weight excluding hydrogens is 346 g/mol. The molecule has 27 heavy (non-hydrogen) atoms. The fourth-order valence-corrected chi connectivity index (χ4v) is 2.65. The lowest BCUT2D eigenvalue weighted by molar-refractivity contribution is -0.385. The Hall–Kier alpha value is -3.74. The van der Waals surface area contributed by atoms with Crippen molar-refractivity contribution >= 4 is 28.1 Å². The highest BCUT2D eigenvalue weighted by molar-refractivity contribution is 6.09. The second-order valence-corrected chi connectivity index (χ2v) is 5.77. The Bertz CT molecular complexity index is 1030. The number of nitro groups is 1. The number of benzene rings is 3. The maximum atomic E-state index is 12.0. The zero-order valence-corrected chi connectivity index (χ0v) is 14.6. The minimum atomic E-state index is -0.559. The quantitative estimate of drug-likeness (QED) is 0.411. The highest BCUT2D eigenvalue weighted by Gasteiger charge is 2.14. The number of nitrogens with zero attached hydrogens (tertiary/aromatic N) is 2. The Morgan fingerprint density at radius 1 is 1.07 bits per heavy atom. The zero-order chi connectivity index (χ0) is 19.2. The maximum absolute atomic E-state index is 12.0. The lowest BCUT2D eigenvalue weighted by atomic mass is 10.0. The van der Waals surface area contributed by atoms with Gasteiger partial charge in [-0.3, -0.25) is 14.9 Å². The molecule has 7 nitrogen and oxygen atoms in total. The highest BCUT2D eigenvalue weighted by Crippen LogP contribution is 2.25. The smallest absolute Gasteiger partial charge is 0.310 e. The van der Waals surface area contributed by atoms with E-state index in [0.29, 0.717) is 5.71 Å². The van der Waals surface area contributed by atoms with Gasteiger partial charge in [0.05, 0.1) is 10.6 Å². The van der Waals surface area contributed by atoms with Crippen molar-refractivity contribution < 1.29 is 14.5 Å². The van der Waals surface area contributed by atoms with E-state index in [1.54, 1.807) is 13.0 Å². The number of carbonyl (C=O) groups excluding carboxylic acids is 1. The summed E-state index contributed by atoms with van der Waals surface area (Å²) in [6.45, 7) is 1.42. The Balaban J connectivity index is 1.67. The van der Waals surface area contributed by atoms with Gasteiger partial charge in [0, 0.05) is 11.6 Å². The van der Waals surface area contributed by atoms with Gasteiger partial charge in [-0.15, -0.1) is 0 Å². The van der Waals surface area contributed by atoms with Crippen molar-refractivity contribution in [3.63, 3.8) is 0 Å². The molecule has 0 aliphatic heterocycles. The van der Waals surface area contributed by atoms with Crippen molar-refractivity contribution in [2.24, 2.45) is 5.10 Å². The average Bonchev–Trinajstić information content (AvgIpc) is 2.70. The summed E-state index contributed by atoms with van der Waals surface area (Å²) in [7, 11) is 0. The molecule has 0 saturated carbocycles. The van der Waals surface area contributed by atoms with Crippen molar-refractivity contribution in [3.8, 4) is 5.75 Å². The third kappa shape index (κ3) is 4.27. The first kappa shape index (κ1) is 18.1. The molecule has 0 fully saturated rings. The van der Waals surface area contributed by atoms with Gasteiger partial charge in [0.2, 0.25) is 0 Å². The molecule has 0 spiro atoms. The van der Waals surface area contributed by atoms with Crippen LogP contribution in [0.15, 0.2) is 71.8 Å². The van der Waals surface area contributed by atoms with Gasteiger partial charge in [0.1, 0.15) is 0 Å². The van der Waals surface area contributed by atoms with E-state index in [1.807, 2.05) is 42.5 Å². The van der Waals surface area contributed by atoms with Gasteiger partial charge in [-0.2, -0.15) is 5.10 Å². The van der Waals surface area contributed by atoms with Crippen LogP contribution < -0.4 is 10.2 Å². The van der Waals surface area contributed by atoms with Crippen LogP contribution in [0.2, 0.25) is 0 Å². The van der Waals surface area contributed by atoms with Crippen molar-refractivity contribution in [3.05, 3.63) is 82.4 Å². The summed E-state index contributed by atoms with van der Waals surface area (Å²) in [4.78, 5) is 22.4. The average molecular weight is 363 g/mol. The zero-order valence-electron chi connectivity index (χ0n) is 14.6. The molecule has 0 bridgehead atoms. The Kier molecular flexibility index (Phi) is 5.41. The molecule has 0 unspecified atom stereocenters. The van der Waals surface area contributed by atoms with Crippen molar-refractivity contribution in [1.82, 2.24) is 5.43 Å². The summed E-state index contributed by atoms with van der Waals surface area (Å²) in [5.41, 5.74) is 3.78. The van der Waals surface area contributed by atoms with Crippen molar-refractivity contribution in [2.45, 2.75) is 6.92 Å². The lowest BCUT2D eigenvalue weighted by Gasteiger charge is -2.08. The second-order valence-electron chi connectivity index (χ2n) is 5.77. The SMILES string of the molecule is C/C(=N\NC(=O)COc1ccccc1[N+](=O)[O-])c1cccc2ccccc12. The number of para-hydroxylation sites is 2. The second kappa shape index (κ2) is 8.09. The van der Waals surface area contributed by atoms with Crippen LogP contribution in [0.25, 0.3) is 10.8 Å². The van der Waals surface area contributed by atoms with E-state index in [4.69, 9.17) is 4.74 Å². The first-order valence-corrected chi connectivity index (χ1v) is 8.24. The number of carbonyl (C=O) groups is 1. The molecule has 0 saturated heterocycles. The molecule has 1 N–H and O–H groups in total. The molecule has 0 aromatic heterocycles. The molecule has 0 radical (unpaired) electrons. The molecule has 136 valence electrons. The predicted molar refractivity (Wildman–Crippen MR) is 103 cm³/mol. The third-order valence-electron chi connectivity index (χ3n) is 3.95. The monoisotopic (exact) mass is 363 g/mol. The van der Waals surface area contributed by atoms with Gasteiger partial charge < -0.3 is 4.74 Å². The number of hydrogen-bond acceptors (Lipinski definition) is 5. The largest absolute Gasteiger partial charge is 0.477 e. The summed E-state index contributed by atoms with van der Waals surface area (Å²) in [5, 5.41) is 17.2. The van der Waals surface area contributed by atoms with E-state index in [1.165, 1.54) is 18.2 Å². The molecule has 3 rings (SSSR count). The number of hydrazone groups is 1. The van der Waals surface area contributed by atoms with Crippen molar-refractivity contribution in [1.29, 1.82) is 0 Å². The van der Waals surface area contributed by atoms with Gasteiger partial charge in [-0.05, 0) is 23.8 Å². The van der Waals surface area contributed by atoms with Gasteiger partial charge in [0.25, 0.3) is 5.91 Å². The van der Waals surface area contributed by atoms with E-state index in [9.17, 15) is 14.9 Å². The molecule has 7 heteroatoms. The van der Waals surface area contributed by atoms with E-state index in [2.05, 4.69) is 10.5 Å². The molecule has 3 aromatic rings. The summed E-state index contributed by atoms with van der Waals surface area (Å²) in [5.74, 6) is -0.472. The summed E-state index contributed by atoms with van der Waals surface area (Å²) >= 11 is 0. The number of nitrogens with one attached hydrogen (secondary N) is 1. The maximum Gasteiger partial charge on any atom is 0.310 e. The first-order chi connectivity index (χ1) is 13.1. The lowest BCUT2D eigenvalue weighted by Crippen LogP contribution is -2.25. The Morgan fingerprint density at radius 3 is 2.59 bits per heavy atom. The number of ether oxygens (including phenoxy) is 1. The van der Waals surface area contributed by atoms with Crippen LogP contribution in [0, 0.1) is 10.1 Å².